The van der Waals surface area contributed by atoms with Gasteiger partial charge in [0.15, 0.2) is 11.5 Å². The van der Waals surface area contributed by atoms with E-state index in [0.29, 0.717) is 38.3 Å². The van der Waals surface area contributed by atoms with Gasteiger partial charge in [-0.1, -0.05) is 30.3 Å². The molecule has 0 saturated carbocycles. The van der Waals surface area contributed by atoms with Gasteiger partial charge in [-0.25, -0.2) is 8.42 Å². The fourth-order valence-corrected chi connectivity index (χ4v) is 5.29. The van der Waals surface area contributed by atoms with Crippen molar-refractivity contribution in [3.8, 4) is 11.5 Å². The molecule has 2 aromatic rings. The average molecular weight is 505 g/mol. The number of ether oxygens (including phenoxy) is 3. The number of nitrogens with zero attached hydrogens (tertiary/aromatic N) is 1. The molecule has 1 aliphatic rings. The fraction of sp³-hybridized carbons (Fsp3) is 0.440. The van der Waals surface area contributed by atoms with E-state index in [1.807, 2.05) is 30.3 Å². The van der Waals surface area contributed by atoms with Crippen LogP contribution in [0.5, 0.6) is 11.5 Å². The Bertz CT molecular complexity index is 1110. The molecule has 35 heavy (non-hydrogen) atoms. The molecule has 0 bridgehead atoms. The molecule has 9 nitrogen and oxygen atoms in total. The number of likely N-dealkylation sites (tertiary alicyclic amines) is 1. The third-order valence-electron chi connectivity index (χ3n) is 5.97. The number of carbonyl (C=O) groups is 2. The van der Waals surface area contributed by atoms with E-state index in [2.05, 4.69) is 4.72 Å². The third-order valence-corrected chi connectivity index (χ3v) is 7.44. The molecule has 190 valence electrons. The maximum Gasteiger partial charge on any atom is 0.309 e. The highest BCUT2D eigenvalue weighted by Gasteiger charge is 2.34. The number of carbonyl (C=O) groups excluding carboxylic acids is 2. The number of hydrogen-bond donors (Lipinski definition) is 1. The van der Waals surface area contributed by atoms with Crippen LogP contribution in [0.15, 0.2) is 53.4 Å². The van der Waals surface area contributed by atoms with E-state index in [0.717, 1.165) is 5.56 Å². The molecule has 1 amide bonds. The van der Waals surface area contributed by atoms with Gasteiger partial charge in [0, 0.05) is 19.2 Å². The van der Waals surface area contributed by atoms with Crippen molar-refractivity contribution in [2.45, 2.75) is 37.1 Å². The zero-order chi connectivity index (χ0) is 25.4. The summed E-state index contributed by atoms with van der Waals surface area (Å²) in [6.07, 6.45) is 1.14. The van der Waals surface area contributed by atoms with Crippen LogP contribution in [0.25, 0.3) is 0 Å². The van der Waals surface area contributed by atoms with Crippen LogP contribution < -0.4 is 14.2 Å². The van der Waals surface area contributed by atoms with Gasteiger partial charge in [-0.15, -0.1) is 0 Å². The molecule has 1 N–H and O–H groups in total. The smallest absolute Gasteiger partial charge is 0.309 e. The molecule has 10 heteroatoms. The molecule has 3 rings (SSSR count). The van der Waals surface area contributed by atoms with Gasteiger partial charge in [0.2, 0.25) is 15.9 Å². The second kappa shape index (κ2) is 12.0. The van der Waals surface area contributed by atoms with Gasteiger partial charge in [-0.05, 0) is 43.9 Å². The first kappa shape index (κ1) is 26.5. The Labute approximate surface area is 206 Å². The van der Waals surface area contributed by atoms with Gasteiger partial charge in [0.1, 0.15) is 6.04 Å². The van der Waals surface area contributed by atoms with Gasteiger partial charge < -0.3 is 19.1 Å². The summed E-state index contributed by atoms with van der Waals surface area (Å²) in [7, 11) is -1.18. The van der Waals surface area contributed by atoms with Crippen molar-refractivity contribution in [3.63, 3.8) is 0 Å². The molecule has 1 atom stereocenters. The number of amides is 1. The van der Waals surface area contributed by atoms with Gasteiger partial charge in [-0.3, -0.25) is 9.59 Å². The largest absolute Gasteiger partial charge is 0.493 e. The van der Waals surface area contributed by atoms with Crippen LogP contribution in [-0.4, -0.2) is 65.2 Å². The highest BCUT2D eigenvalue weighted by atomic mass is 32.2. The first-order valence-electron chi connectivity index (χ1n) is 11.5. The van der Waals surface area contributed by atoms with Crippen LogP contribution in [0.4, 0.5) is 0 Å². The Morgan fingerprint density at radius 3 is 2.29 bits per heavy atom. The normalized spacial score (nSPS) is 15.3. The number of hydrogen-bond acceptors (Lipinski definition) is 7. The lowest BCUT2D eigenvalue weighted by Crippen LogP contribution is -2.52. The van der Waals surface area contributed by atoms with Crippen molar-refractivity contribution in [1.82, 2.24) is 9.62 Å². The molecule has 0 aromatic heterocycles. The average Bonchev–Trinajstić information content (AvgIpc) is 2.88. The molecule has 2 aromatic carbocycles. The van der Waals surface area contributed by atoms with Crippen molar-refractivity contribution in [3.05, 3.63) is 54.1 Å². The molecular formula is C25H32N2O7S. The van der Waals surface area contributed by atoms with Gasteiger partial charge in [-0.2, -0.15) is 4.72 Å². The van der Waals surface area contributed by atoms with Crippen molar-refractivity contribution in [2.24, 2.45) is 5.92 Å². The van der Waals surface area contributed by atoms with Crippen LogP contribution in [0.3, 0.4) is 0 Å². The fourth-order valence-electron chi connectivity index (χ4n) is 4.08. The number of benzene rings is 2. The summed E-state index contributed by atoms with van der Waals surface area (Å²) in [6, 6.07) is 12.5. The zero-order valence-corrected chi connectivity index (χ0v) is 21.0. The lowest BCUT2D eigenvalue weighted by Gasteiger charge is -2.33. The number of sulfonamides is 1. The van der Waals surface area contributed by atoms with E-state index >= 15 is 0 Å². The van der Waals surface area contributed by atoms with E-state index < -0.39 is 16.1 Å². The molecular weight excluding hydrogens is 472 g/mol. The SMILES string of the molecule is CCOC(=O)C1CCN(C(=O)[C@@H](Cc2ccccc2)NS(=O)(=O)c2ccc(OC)c(OC)c2)CC1. The second-order valence-electron chi connectivity index (χ2n) is 8.23. The number of esters is 1. The first-order chi connectivity index (χ1) is 16.8. The van der Waals surface area contributed by atoms with Crippen molar-refractivity contribution >= 4 is 21.9 Å². The van der Waals surface area contributed by atoms with Crippen LogP contribution in [0.1, 0.15) is 25.3 Å². The van der Waals surface area contributed by atoms with E-state index in [1.165, 1.54) is 32.4 Å². The molecule has 0 unspecified atom stereocenters. The summed E-state index contributed by atoms with van der Waals surface area (Å²) in [5.41, 5.74) is 0.822. The monoisotopic (exact) mass is 504 g/mol. The maximum absolute atomic E-state index is 13.5. The highest BCUT2D eigenvalue weighted by molar-refractivity contribution is 7.89. The predicted octanol–water partition coefficient (Wildman–Crippen LogP) is 2.40. The molecule has 0 radical (unpaired) electrons. The van der Waals surface area contributed by atoms with Crippen LogP contribution >= 0.6 is 0 Å². The van der Waals surface area contributed by atoms with Gasteiger partial charge in [0.25, 0.3) is 0 Å². The summed E-state index contributed by atoms with van der Waals surface area (Å²) in [6.45, 7) is 2.78. The summed E-state index contributed by atoms with van der Waals surface area (Å²) < 4.78 is 44.6. The maximum atomic E-state index is 13.5. The standard InChI is InChI=1S/C25H32N2O7S/c1-4-34-25(29)19-12-14-27(15-13-19)24(28)21(16-18-8-6-5-7-9-18)26-35(30,31)20-10-11-22(32-2)23(17-20)33-3/h5-11,17,19,21,26H,4,12-16H2,1-3H3/t21-/m1/s1. The number of piperidine rings is 1. The molecule has 0 spiro atoms. The highest BCUT2D eigenvalue weighted by Crippen LogP contribution is 2.29. The van der Waals surface area contributed by atoms with E-state index in [-0.39, 0.29) is 34.9 Å². The van der Waals surface area contributed by atoms with Crippen LogP contribution in [0, 0.1) is 5.92 Å². The second-order valence-corrected chi connectivity index (χ2v) is 9.95. The molecule has 1 fully saturated rings. The third kappa shape index (κ3) is 6.73. The minimum Gasteiger partial charge on any atom is -0.493 e. The van der Waals surface area contributed by atoms with Crippen LogP contribution in [-0.2, 0) is 30.8 Å². The minimum absolute atomic E-state index is 0.0398. The molecule has 0 aliphatic carbocycles. The summed E-state index contributed by atoms with van der Waals surface area (Å²) >= 11 is 0. The summed E-state index contributed by atoms with van der Waals surface area (Å²) in [5, 5.41) is 0. The van der Waals surface area contributed by atoms with E-state index in [9.17, 15) is 18.0 Å². The number of methoxy groups -OCH3 is 2. The zero-order valence-electron chi connectivity index (χ0n) is 20.2. The lowest BCUT2D eigenvalue weighted by molar-refractivity contribution is -0.151. The molecule has 1 saturated heterocycles. The van der Waals surface area contributed by atoms with Gasteiger partial charge in [0.05, 0.1) is 31.6 Å². The topological polar surface area (TPSA) is 111 Å². The molecule has 1 aliphatic heterocycles. The Morgan fingerprint density at radius 2 is 1.69 bits per heavy atom. The minimum atomic E-state index is -4.06. The quantitative estimate of drug-likeness (QED) is 0.495. The lowest BCUT2D eigenvalue weighted by atomic mass is 9.96. The summed E-state index contributed by atoms with van der Waals surface area (Å²) in [4.78, 5) is 27.1. The van der Waals surface area contributed by atoms with Crippen molar-refractivity contribution < 1.29 is 32.2 Å². The molecule has 1 heterocycles. The van der Waals surface area contributed by atoms with Crippen molar-refractivity contribution in [2.75, 3.05) is 33.9 Å². The van der Waals surface area contributed by atoms with Crippen LogP contribution in [0.2, 0.25) is 0 Å². The number of rotatable bonds is 10. The Hall–Kier alpha value is -3.11. The Balaban J connectivity index is 1.81. The summed E-state index contributed by atoms with van der Waals surface area (Å²) in [5.74, 6) is -0.181. The van der Waals surface area contributed by atoms with E-state index in [4.69, 9.17) is 14.2 Å². The van der Waals surface area contributed by atoms with Crippen molar-refractivity contribution in [1.29, 1.82) is 0 Å². The van der Waals surface area contributed by atoms with E-state index in [1.54, 1.807) is 11.8 Å². The number of nitrogens with one attached hydrogen (secondary N) is 1. The predicted molar refractivity (Wildman–Crippen MR) is 130 cm³/mol. The Kier molecular flexibility index (Phi) is 9.11. The Morgan fingerprint density at radius 1 is 1.03 bits per heavy atom. The first-order valence-corrected chi connectivity index (χ1v) is 13.0. The van der Waals surface area contributed by atoms with Gasteiger partial charge >= 0.3 is 5.97 Å².